The van der Waals surface area contributed by atoms with Crippen LogP contribution in [0.5, 0.6) is 0 Å². The Bertz CT molecular complexity index is 226. The lowest BCUT2D eigenvalue weighted by Gasteiger charge is -2.36. The predicted molar refractivity (Wildman–Crippen MR) is 60.6 cm³/mol. The fourth-order valence-electron chi connectivity index (χ4n) is 2.47. The van der Waals surface area contributed by atoms with Crippen molar-refractivity contribution < 1.29 is 4.79 Å². The average Bonchev–Trinajstić information content (AvgIpc) is 3.09. The number of nitrogens with one attached hydrogen (secondary N) is 1. The second kappa shape index (κ2) is 4.97. The molecule has 0 bridgehead atoms. The standard InChI is InChI=1S/C12H22N2O/c1-13-8-7-11-4-2-3-9-14(11)12(15)10-5-6-10/h10-11,13H,2-9H2,1H3. The molecule has 86 valence electrons. The molecule has 2 aliphatic rings. The summed E-state index contributed by atoms with van der Waals surface area (Å²) in [5.74, 6) is 0.830. The first-order chi connectivity index (χ1) is 7.33. The zero-order chi connectivity index (χ0) is 10.7. The van der Waals surface area contributed by atoms with Crippen LogP contribution in [0.1, 0.15) is 38.5 Å². The number of hydrogen-bond donors (Lipinski definition) is 1. The van der Waals surface area contributed by atoms with E-state index in [0.717, 1.165) is 32.4 Å². The second-order valence-corrected chi connectivity index (χ2v) is 4.85. The molecule has 0 spiro atoms. The van der Waals surface area contributed by atoms with Crippen LogP contribution < -0.4 is 5.32 Å². The quantitative estimate of drug-likeness (QED) is 0.760. The lowest BCUT2D eigenvalue weighted by Crippen LogP contribution is -2.45. The van der Waals surface area contributed by atoms with Crippen molar-refractivity contribution in [1.82, 2.24) is 10.2 Å². The largest absolute Gasteiger partial charge is 0.339 e. The Morgan fingerprint density at radius 1 is 1.33 bits per heavy atom. The molecule has 15 heavy (non-hydrogen) atoms. The van der Waals surface area contributed by atoms with Gasteiger partial charge in [0.1, 0.15) is 0 Å². The van der Waals surface area contributed by atoms with E-state index in [1.165, 1.54) is 19.3 Å². The molecule has 1 unspecified atom stereocenters. The first kappa shape index (κ1) is 10.9. The molecule has 3 nitrogen and oxygen atoms in total. The number of likely N-dealkylation sites (tertiary alicyclic amines) is 1. The van der Waals surface area contributed by atoms with E-state index in [1.54, 1.807) is 0 Å². The summed E-state index contributed by atoms with van der Waals surface area (Å²) in [7, 11) is 1.98. The highest BCUT2D eigenvalue weighted by Crippen LogP contribution is 2.33. The zero-order valence-corrected chi connectivity index (χ0v) is 9.67. The number of amides is 1. The van der Waals surface area contributed by atoms with Gasteiger partial charge in [0.2, 0.25) is 5.91 Å². The molecule has 2 rings (SSSR count). The van der Waals surface area contributed by atoms with E-state index in [1.807, 2.05) is 7.05 Å². The summed E-state index contributed by atoms with van der Waals surface area (Å²) in [4.78, 5) is 14.2. The van der Waals surface area contributed by atoms with E-state index in [9.17, 15) is 4.79 Å². The number of hydrogen-bond acceptors (Lipinski definition) is 2. The summed E-state index contributed by atoms with van der Waals surface area (Å²) in [6.07, 6.45) is 7.09. The van der Waals surface area contributed by atoms with Gasteiger partial charge in [0.05, 0.1) is 0 Å². The van der Waals surface area contributed by atoms with Crippen LogP contribution in [0.15, 0.2) is 0 Å². The van der Waals surface area contributed by atoms with Gasteiger partial charge in [-0.15, -0.1) is 0 Å². The zero-order valence-electron chi connectivity index (χ0n) is 9.67. The van der Waals surface area contributed by atoms with E-state index in [4.69, 9.17) is 0 Å². The molecule has 1 amide bonds. The molecular formula is C12H22N2O. The topological polar surface area (TPSA) is 32.3 Å². The van der Waals surface area contributed by atoms with Crippen molar-refractivity contribution in [2.45, 2.75) is 44.6 Å². The molecule has 0 radical (unpaired) electrons. The second-order valence-electron chi connectivity index (χ2n) is 4.85. The highest BCUT2D eigenvalue weighted by atomic mass is 16.2. The molecule has 1 atom stereocenters. The van der Waals surface area contributed by atoms with Gasteiger partial charge in [0, 0.05) is 18.5 Å². The first-order valence-corrected chi connectivity index (χ1v) is 6.28. The van der Waals surface area contributed by atoms with E-state index < -0.39 is 0 Å². The summed E-state index contributed by atoms with van der Waals surface area (Å²) >= 11 is 0. The smallest absolute Gasteiger partial charge is 0.225 e. The maximum atomic E-state index is 12.0. The average molecular weight is 210 g/mol. The summed E-state index contributed by atoms with van der Waals surface area (Å²) in [5.41, 5.74) is 0. The highest BCUT2D eigenvalue weighted by molar-refractivity contribution is 5.81. The Morgan fingerprint density at radius 3 is 2.80 bits per heavy atom. The van der Waals surface area contributed by atoms with Crippen molar-refractivity contribution in [2.24, 2.45) is 5.92 Å². The van der Waals surface area contributed by atoms with Crippen LogP contribution in [0, 0.1) is 5.92 Å². The highest BCUT2D eigenvalue weighted by Gasteiger charge is 2.36. The Hall–Kier alpha value is -0.570. The lowest BCUT2D eigenvalue weighted by molar-refractivity contribution is -0.136. The maximum Gasteiger partial charge on any atom is 0.225 e. The molecular weight excluding hydrogens is 188 g/mol. The molecule has 3 heteroatoms. The van der Waals surface area contributed by atoms with Gasteiger partial charge in [-0.2, -0.15) is 0 Å². The predicted octanol–water partition coefficient (Wildman–Crippen LogP) is 1.39. The fourth-order valence-corrected chi connectivity index (χ4v) is 2.47. The van der Waals surface area contributed by atoms with Crippen LogP contribution in [0.25, 0.3) is 0 Å². The summed E-state index contributed by atoms with van der Waals surface area (Å²) in [6.45, 7) is 2.03. The van der Waals surface area contributed by atoms with Gasteiger partial charge in [-0.3, -0.25) is 4.79 Å². The maximum absolute atomic E-state index is 12.0. The van der Waals surface area contributed by atoms with Gasteiger partial charge in [-0.05, 0) is 52.1 Å². The van der Waals surface area contributed by atoms with Crippen molar-refractivity contribution in [3.8, 4) is 0 Å². The van der Waals surface area contributed by atoms with Crippen molar-refractivity contribution in [3.63, 3.8) is 0 Å². The van der Waals surface area contributed by atoms with Crippen LogP contribution in [-0.4, -0.2) is 37.0 Å². The van der Waals surface area contributed by atoms with Crippen LogP contribution in [0.2, 0.25) is 0 Å². The molecule has 0 aromatic carbocycles. The molecule has 1 aliphatic heterocycles. The molecule has 1 N–H and O–H groups in total. The van der Waals surface area contributed by atoms with Crippen molar-refractivity contribution >= 4 is 5.91 Å². The number of nitrogens with zero attached hydrogens (tertiary/aromatic N) is 1. The Kier molecular flexibility index (Phi) is 3.62. The van der Waals surface area contributed by atoms with Crippen molar-refractivity contribution in [1.29, 1.82) is 0 Å². The SMILES string of the molecule is CNCCC1CCCCN1C(=O)C1CC1. The van der Waals surface area contributed by atoms with E-state index in [0.29, 0.717) is 17.9 Å². The van der Waals surface area contributed by atoms with E-state index >= 15 is 0 Å². The number of carbonyl (C=O) groups is 1. The van der Waals surface area contributed by atoms with E-state index in [-0.39, 0.29) is 0 Å². The third kappa shape index (κ3) is 2.71. The van der Waals surface area contributed by atoms with Gasteiger partial charge >= 0.3 is 0 Å². The third-order valence-corrected chi connectivity index (χ3v) is 3.56. The molecule has 0 aromatic rings. The Balaban J connectivity index is 1.89. The van der Waals surface area contributed by atoms with Crippen LogP contribution in [0.4, 0.5) is 0 Å². The number of piperidine rings is 1. The summed E-state index contributed by atoms with van der Waals surface area (Å²) in [5, 5.41) is 3.18. The minimum Gasteiger partial charge on any atom is -0.339 e. The molecule has 1 saturated carbocycles. The van der Waals surface area contributed by atoms with Crippen molar-refractivity contribution in [3.05, 3.63) is 0 Å². The molecule has 2 fully saturated rings. The number of carbonyl (C=O) groups excluding carboxylic acids is 1. The summed E-state index contributed by atoms with van der Waals surface area (Å²) < 4.78 is 0. The van der Waals surface area contributed by atoms with Crippen LogP contribution >= 0.6 is 0 Å². The molecule has 0 aromatic heterocycles. The third-order valence-electron chi connectivity index (χ3n) is 3.56. The summed E-state index contributed by atoms with van der Waals surface area (Å²) in [6, 6.07) is 0.513. The van der Waals surface area contributed by atoms with Crippen LogP contribution in [0.3, 0.4) is 0 Å². The minimum atomic E-state index is 0.389. The lowest BCUT2D eigenvalue weighted by atomic mass is 9.98. The van der Waals surface area contributed by atoms with Crippen LogP contribution in [-0.2, 0) is 4.79 Å². The minimum absolute atomic E-state index is 0.389. The van der Waals surface area contributed by atoms with Gasteiger partial charge in [-0.25, -0.2) is 0 Å². The molecule has 1 aliphatic carbocycles. The van der Waals surface area contributed by atoms with Gasteiger partial charge in [0.25, 0.3) is 0 Å². The molecule has 1 heterocycles. The number of rotatable bonds is 4. The fraction of sp³-hybridized carbons (Fsp3) is 0.917. The van der Waals surface area contributed by atoms with Crippen molar-refractivity contribution in [2.75, 3.05) is 20.1 Å². The first-order valence-electron chi connectivity index (χ1n) is 6.28. The van der Waals surface area contributed by atoms with E-state index in [2.05, 4.69) is 10.2 Å². The van der Waals surface area contributed by atoms with Gasteiger partial charge in [0.15, 0.2) is 0 Å². The Labute approximate surface area is 92.2 Å². The molecule has 1 saturated heterocycles. The monoisotopic (exact) mass is 210 g/mol. The van der Waals surface area contributed by atoms with Gasteiger partial charge < -0.3 is 10.2 Å². The van der Waals surface area contributed by atoms with Gasteiger partial charge in [-0.1, -0.05) is 0 Å². The normalized spacial score (nSPS) is 26.7. The Morgan fingerprint density at radius 2 is 2.13 bits per heavy atom.